The minimum atomic E-state index is 0.662. The second-order valence-electron chi connectivity index (χ2n) is 6.53. The minimum Gasteiger partial charge on any atom is -0.493 e. The Labute approximate surface area is 194 Å². The Kier molecular flexibility index (Phi) is 6.80. The first-order chi connectivity index (χ1) is 15.1. The van der Waals surface area contributed by atoms with Crippen LogP contribution in [0.3, 0.4) is 0 Å². The summed E-state index contributed by atoms with van der Waals surface area (Å²) < 4.78 is 12.8. The van der Waals surface area contributed by atoms with E-state index in [9.17, 15) is 0 Å². The summed E-state index contributed by atoms with van der Waals surface area (Å²) in [5, 5.41) is 13.4. The molecule has 160 valence electrons. The van der Waals surface area contributed by atoms with Crippen LogP contribution >= 0.6 is 34.7 Å². The van der Waals surface area contributed by atoms with E-state index in [0.29, 0.717) is 22.3 Å². The molecule has 0 aliphatic rings. The van der Waals surface area contributed by atoms with Crippen molar-refractivity contribution in [3.8, 4) is 33.5 Å². The van der Waals surface area contributed by atoms with Crippen molar-refractivity contribution < 1.29 is 9.47 Å². The van der Waals surface area contributed by atoms with Gasteiger partial charge in [0.15, 0.2) is 22.5 Å². The summed E-state index contributed by atoms with van der Waals surface area (Å²) in [7, 11) is 3.24. The summed E-state index contributed by atoms with van der Waals surface area (Å²) in [5.74, 6) is 2.84. The number of benzene rings is 2. The van der Waals surface area contributed by atoms with E-state index in [1.807, 2.05) is 42.5 Å². The molecule has 31 heavy (non-hydrogen) atoms. The molecule has 0 spiro atoms. The van der Waals surface area contributed by atoms with Crippen molar-refractivity contribution in [2.45, 2.75) is 24.4 Å². The Hall–Kier alpha value is -2.55. The molecule has 0 bridgehead atoms. The van der Waals surface area contributed by atoms with Crippen LogP contribution in [0.1, 0.15) is 12.6 Å². The summed E-state index contributed by atoms with van der Waals surface area (Å²) in [6.07, 6.45) is 0. The van der Waals surface area contributed by atoms with E-state index in [1.165, 1.54) is 0 Å². The third-order valence-electron chi connectivity index (χ3n) is 4.68. The van der Waals surface area contributed by atoms with Gasteiger partial charge in [-0.05, 0) is 31.2 Å². The van der Waals surface area contributed by atoms with Gasteiger partial charge < -0.3 is 14.0 Å². The minimum absolute atomic E-state index is 0.662. The summed E-state index contributed by atoms with van der Waals surface area (Å²) in [6.45, 7) is 2.83. The molecular weight excluding hydrogens is 452 g/mol. The highest BCUT2D eigenvalue weighted by atomic mass is 35.5. The smallest absolute Gasteiger partial charge is 0.191 e. The number of hydrogen-bond donors (Lipinski definition) is 0. The topological polar surface area (TPSA) is 62.1 Å². The number of methoxy groups -OCH3 is 2. The van der Waals surface area contributed by atoms with Gasteiger partial charge in [-0.25, -0.2) is 4.98 Å². The van der Waals surface area contributed by atoms with Gasteiger partial charge in [-0.15, -0.1) is 21.5 Å². The van der Waals surface area contributed by atoms with Gasteiger partial charge in [0.25, 0.3) is 0 Å². The SMILES string of the molecule is CCn1c(SCc2csc(-c3ccccc3Cl)n2)nnc1-c1ccc(OC)c(OC)c1. The van der Waals surface area contributed by atoms with Gasteiger partial charge >= 0.3 is 0 Å². The lowest BCUT2D eigenvalue weighted by molar-refractivity contribution is 0.355. The molecule has 0 atom stereocenters. The summed E-state index contributed by atoms with van der Waals surface area (Å²) in [5.41, 5.74) is 2.87. The van der Waals surface area contributed by atoms with E-state index in [-0.39, 0.29) is 0 Å². The maximum absolute atomic E-state index is 6.31. The zero-order chi connectivity index (χ0) is 21.8. The number of thioether (sulfide) groups is 1. The van der Waals surface area contributed by atoms with E-state index >= 15 is 0 Å². The third kappa shape index (κ3) is 4.56. The van der Waals surface area contributed by atoms with Gasteiger partial charge in [-0.1, -0.05) is 41.6 Å². The third-order valence-corrected chi connectivity index (χ3v) is 6.93. The van der Waals surface area contributed by atoms with Crippen LogP contribution in [0.4, 0.5) is 0 Å². The van der Waals surface area contributed by atoms with Crippen LogP contribution in [0.25, 0.3) is 22.0 Å². The van der Waals surface area contributed by atoms with Gasteiger partial charge in [0.05, 0.1) is 24.9 Å². The predicted molar refractivity (Wildman–Crippen MR) is 126 cm³/mol. The van der Waals surface area contributed by atoms with E-state index in [2.05, 4.69) is 27.1 Å². The molecule has 2 heterocycles. The van der Waals surface area contributed by atoms with Gasteiger partial charge in [0, 0.05) is 28.8 Å². The van der Waals surface area contributed by atoms with Crippen molar-refractivity contribution in [1.29, 1.82) is 0 Å². The van der Waals surface area contributed by atoms with Crippen molar-refractivity contribution in [3.05, 3.63) is 58.6 Å². The Bertz CT molecular complexity index is 1190. The summed E-state index contributed by atoms with van der Waals surface area (Å²) >= 11 is 9.51. The first-order valence-electron chi connectivity index (χ1n) is 9.62. The van der Waals surface area contributed by atoms with Crippen molar-refractivity contribution in [3.63, 3.8) is 0 Å². The fourth-order valence-corrected chi connectivity index (χ4v) is 5.28. The lowest BCUT2D eigenvalue weighted by Crippen LogP contribution is -2.00. The first kappa shape index (κ1) is 21.7. The maximum Gasteiger partial charge on any atom is 0.191 e. The monoisotopic (exact) mass is 472 g/mol. The Morgan fingerprint density at radius 3 is 2.61 bits per heavy atom. The highest BCUT2D eigenvalue weighted by molar-refractivity contribution is 7.98. The van der Waals surface area contributed by atoms with Crippen LogP contribution in [0.5, 0.6) is 11.5 Å². The number of thiazole rings is 1. The molecule has 0 saturated heterocycles. The number of ether oxygens (including phenoxy) is 2. The Morgan fingerprint density at radius 1 is 1.06 bits per heavy atom. The van der Waals surface area contributed by atoms with Crippen molar-refractivity contribution in [2.24, 2.45) is 0 Å². The lowest BCUT2D eigenvalue weighted by atomic mass is 10.2. The molecule has 4 rings (SSSR count). The molecule has 4 aromatic rings. The molecule has 0 N–H and O–H groups in total. The van der Waals surface area contributed by atoms with Gasteiger partial charge in [-0.3, -0.25) is 0 Å². The second kappa shape index (κ2) is 9.72. The summed E-state index contributed by atoms with van der Waals surface area (Å²) in [6, 6.07) is 13.5. The zero-order valence-corrected chi connectivity index (χ0v) is 19.7. The number of hydrogen-bond acceptors (Lipinski definition) is 7. The average Bonchev–Trinajstić information content (AvgIpc) is 3.44. The van der Waals surface area contributed by atoms with Gasteiger partial charge in [0.2, 0.25) is 0 Å². The predicted octanol–water partition coefficient (Wildman–Crippen LogP) is 6.05. The number of halogens is 1. The number of nitrogens with zero attached hydrogens (tertiary/aromatic N) is 4. The molecule has 6 nitrogen and oxygen atoms in total. The lowest BCUT2D eigenvalue weighted by Gasteiger charge is -2.10. The van der Waals surface area contributed by atoms with Crippen LogP contribution in [0.15, 0.2) is 53.0 Å². The molecule has 0 aliphatic heterocycles. The Morgan fingerprint density at radius 2 is 1.87 bits per heavy atom. The molecule has 0 unspecified atom stereocenters. The molecule has 0 radical (unpaired) electrons. The van der Waals surface area contributed by atoms with E-state index in [0.717, 1.165) is 39.4 Å². The number of aromatic nitrogens is 4. The zero-order valence-electron chi connectivity index (χ0n) is 17.3. The standard InChI is InChI=1S/C22H21ClN4O2S2/c1-4-27-20(14-9-10-18(28-2)19(11-14)29-3)25-26-22(27)31-13-15-12-30-21(24-15)16-7-5-6-8-17(16)23/h5-12H,4,13H2,1-3H3. The molecule has 2 aromatic carbocycles. The Balaban J connectivity index is 1.53. The van der Waals surface area contributed by atoms with Gasteiger partial charge in [0.1, 0.15) is 5.01 Å². The average molecular weight is 473 g/mol. The normalized spacial score (nSPS) is 11.0. The highest BCUT2D eigenvalue weighted by Crippen LogP contribution is 2.34. The maximum atomic E-state index is 6.31. The first-order valence-corrected chi connectivity index (χ1v) is 11.9. The van der Waals surface area contributed by atoms with Crippen LogP contribution in [0, 0.1) is 0 Å². The second-order valence-corrected chi connectivity index (χ2v) is 8.74. The number of rotatable bonds is 8. The molecule has 2 aromatic heterocycles. The van der Waals surface area contributed by atoms with E-state index < -0.39 is 0 Å². The van der Waals surface area contributed by atoms with Crippen LogP contribution in [-0.2, 0) is 12.3 Å². The van der Waals surface area contributed by atoms with E-state index in [1.54, 1.807) is 37.3 Å². The van der Waals surface area contributed by atoms with Crippen LogP contribution < -0.4 is 9.47 Å². The fourth-order valence-electron chi connectivity index (χ4n) is 3.14. The molecule has 0 amide bonds. The molecule has 0 fully saturated rings. The largest absolute Gasteiger partial charge is 0.493 e. The van der Waals surface area contributed by atoms with Crippen LogP contribution in [0.2, 0.25) is 5.02 Å². The van der Waals surface area contributed by atoms with Crippen molar-refractivity contribution >= 4 is 34.7 Å². The van der Waals surface area contributed by atoms with Gasteiger partial charge in [-0.2, -0.15) is 0 Å². The van der Waals surface area contributed by atoms with E-state index in [4.69, 9.17) is 26.1 Å². The van der Waals surface area contributed by atoms with Crippen LogP contribution in [-0.4, -0.2) is 34.0 Å². The quantitative estimate of drug-likeness (QED) is 0.291. The fraction of sp³-hybridized carbons (Fsp3) is 0.227. The summed E-state index contributed by atoms with van der Waals surface area (Å²) in [4.78, 5) is 4.74. The molecular formula is C22H21ClN4O2S2. The van der Waals surface area contributed by atoms with Crippen molar-refractivity contribution in [1.82, 2.24) is 19.7 Å². The molecule has 9 heteroatoms. The highest BCUT2D eigenvalue weighted by Gasteiger charge is 2.16. The van der Waals surface area contributed by atoms with Crippen molar-refractivity contribution in [2.75, 3.05) is 14.2 Å². The molecule has 0 aliphatic carbocycles. The molecule has 0 saturated carbocycles.